The van der Waals surface area contributed by atoms with Gasteiger partial charge in [-0.1, -0.05) is 172 Å². The molecule has 1 heteroatoms. The minimum absolute atomic E-state index is 0.131. The molecule has 0 amide bonds. The standard InChI is InChI=1S/C51H34S/c1-51(2)45-30-34(24-25-37(45)42-27-28-44-43-26-23-31-13-6-7-18-36(31)49(43)52-50(44)48(42)51)33-16-12-17-35(29-33)47-40-21-10-8-19-38(40)46(32-14-4-3-5-15-32)39-20-9-11-22-41(39)47/h3-30H,1-2H3. The number of hydrogen-bond donors (Lipinski definition) is 0. The fraction of sp³-hybridized carbons (Fsp3) is 0.0588. The zero-order valence-corrected chi connectivity index (χ0v) is 29.9. The molecule has 0 bridgehead atoms. The van der Waals surface area contributed by atoms with Crippen molar-refractivity contribution in [1.82, 2.24) is 0 Å². The normalized spacial score (nSPS) is 13.3. The van der Waals surface area contributed by atoms with Crippen LogP contribution in [0.2, 0.25) is 0 Å². The summed E-state index contributed by atoms with van der Waals surface area (Å²) in [5.41, 5.74) is 13.1. The van der Waals surface area contributed by atoms with Crippen LogP contribution in [-0.4, -0.2) is 0 Å². The Bertz CT molecular complexity index is 3030. The van der Waals surface area contributed by atoms with Crippen LogP contribution in [-0.2, 0) is 5.41 Å². The Morgan fingerprint density at radius 3 is 1.63 bits per heavy atom. The Morgan fingerprint density at radius 2 is 0.904 bits per heavy atom. The highest BCUT2D eigenvalue weighted by Crippen LogP contribution is 2.55. The van der Waals surface area contributed by atoms with Gasteiger partial charge in [0.25, 0.3) is 0 Å². The second-order valence-corrected chi connectivity index (χ2v) is 15.8. The maximum Gasteiger partial charge on any atom is 0.0433 e. The molecule has 244 valence electrons. The molecule has 0 N–H and O–H groups in total. The zero-order chi connectivity index (χ0) is 34.6. The van der Waals surface area contributed by atoms with Crippen LogP contribution < -0.4 is 0 Å². The molecule has 0 atom stereocenters. The molecule has 0 unspecified atom stereocenters. The summed E-state index contributed by atoms with van der Waals surface area (Å²) in [6.07, 6.45) is 0. The third-order valence-corrected chi connectivity index (χ3v) is 12.9. The first-order valence-corrected chi connectivity index (χ1v) is 19.0. The monoisotopic (exact) mass is 678 g/mol. The van der Waals surface area contributed by atoms with Crippen molar-refractivity contribution < 1.29 is 0 Å². The lowest BCUT2D eigenvalue weighted by atomic mass is 9.81. The summed E-state index contributed by atoms with van der Waals surface area (Å²) in [4.78, 5) is 0. The van der Waals surface area contributed by atoms with Gasteiger partial charge < -0.3 is 0 Å². The number of hydrogen-bond acceptors (Lipinski definition) is 1. The Morgan fingerprint density at radius 1 is 0.365 bits per heavy atom. The van der Waals surface area contributed by atoms with E-state index in [2.05, 4.69) is 184 Å². The summed E-state index contributed by atoms with van der Waals surface area (Å²) in [5.74, 6) is 0. The molecule has 52 heavy (non-hydrogen) atoms. The summed E-state index contributed by atoms with van der Waals surface area (Å²) < 4.78 is 2.81. The van der Waals surface area contributed by atoms with Crippen molar-refractivity contribution >= 4 is 63.8 Å². The molecule has 0 nitrogen and oxygen atoms in total. The molecule has 0 fully saturated rings. The molecule has 11 rings (SSSR count). The predicted molar refractivity (Wildman–Crippen MR) is 226 cm³/mol. The first-order chi connectivity index (χ1) is 25.6. The third-order valence-electron chi connectivity index (χ3n) is 11.6. The van der Waals surface area contributed by atoms with Gasteiger partial charge in [0.2, 0.25) is 0 Å². The van der Waals surface area contributed by atoms with Gasteiger partial charge >= 0.3 is 0 Å². The maximum atomic E-state index is 2.47. The molecule has 1 aliphatic rings. The summed E-state index contributed by atoms with van der Waals surface area (Å²) in [6.45, 7) is 4.85. The molecule has 1 aliphatic carbocycles. The Balaban J connectivity index is 1.07. The third kappa shape index (κ3) is 4.15. The van der Waals surface area contributed by atoms with Gasteiger partial charge in [-0.3, -0.25) is 0 Å². The van der Waals surface area contributed by atoms with Gasteiger partial charge in [0.1, 0.15) is 0 Å². The van der Waals surface area contributed by atoms with E-state index in [4.69, 9.17) is 0 Å². The first kappa shape index (κ1) is 29.7. The van der Waals surface area contributed by atoms with E-state index in [0.29, 0.717) is 0 Å². The van der Waals surface area contributed by atoms with E-state index in [-0.39, 0.29) is 5.41 Å². The topological polar surface area (TPSA) is 0 Å². The van der Waals surface area contributed by atoms with Crippen molar-refractivity contribution in [3.05, 3.63) is 181 Å². The summed E-state index contributed by atoms with van der Waals surface area (Å²) >= 11 is 1.97. The van der Waals surface area contributed by atoms with Gasteiger partial charge in [-0.15, -0.1) is 11.3 Å². The van der Waals surface area contributed by atoms with Gasteiger partial charge in [-0.25, -0.2) is 0 Å². The Kier molecular flexibility index (Phi) is 6.27. The number of rotatable bonds is 3. The lowest BCUT2D eigenvalue weighted by molar-refractivity contribution is 0.667. The second-order valence-electron chi connectivity index (χ2n) is 14.8. The summed E-state index contributed by atoms with van der Waals surface area (Å²) in [5, 5.41) is 10.5. The van der Waals surface area contributed by atoms with Crippen LogP contribution >= 0.6 is 11.3 Å². The molecular formula is C51H34S. The molecule has 1 heterocycles. The molecule has 10 aromatic rings. The zero-order valence-electron chi connectivity index (χ0n) is 29.1. The Hall–Kier alpha value is -6.02. The van der Waals surface area contributed by atoms with Crippen molar-refractivity contribution in [3.8, 4) is 44.5 Å². The highest BCUT2D eigenvalue weighted by atomic mass is 32.1. The average molecular weight is 679 g/mol. The highest BCUT2D eigenvalue weighted by Gasteiger charge is 2.38. The molecule has 1 aromatic heterocycles. The van der Waals surface area contributed by atoms with Crippen LogP contribution in [0.25, 0.3) is 97.0 Å². The molecular weight excluding hydrogens is 645 g/mol. The molecule has 0 saturated heterocycles. The van der Waals surface area contributed by atoms with E-state index in [0.717, 1.165) is 0 Å². The SMILES string of the molecule is CC1(C)c2cc(-c3cccc(-c4c5ccccc5c(-c5ccccc5)c5ccccc45)c3)ccc2-c2ccc3c(sc4c5ccccc5ccc34)c21. The van der Waals surface area contributed by atoms with Gasteiger partial charge in [-0.2, -0.15) is 0 Å². The minimum Gasteiger partial charge on any atom is -0.134 e. The first-order valence-electron chi connectivity index (χ1n) is 18.2. The average Bonchev–Trinajstić information content (AvgIpc) is 3.69. The van der Waals surface area contributed by atoms with E-state index in [1.54, 1.807) is 0 Å². The second kappa shape index (κ2) is 11.0. The highest BCUT2D eigenvalue weighted by molar-refractivity contribution is 7.27. The van der Waals surface area contributed by atoms with Gasteiger partial charge in [-0.05, 0) is 100 Å². The van der Waals surface area contributed by atoms with E-state index >= 15 is 0 Å². The van der Waals surface area contributed by atoms with Crippen molar-refractivity contribution in [2.24, 2.45) is 0 Å². The van der Waals surface area contributed by atoms with Crippen molar-refractivity contribution in [2.75, 3.05) is 0 Å². The quantitative estimate of drug-likeness (QED) is 0.163. The maximum absolute atomic E-state index is 2.47. The minimum atomic E-state index is -0.131. The van der Waals surface area contributed by atoms with Gasteiger partial charge in [0.05, 0.1) is 0 Å². The fourth-order valence-corrected chi connectivity index (χ4v) is 10.8. The summed E-state index contributed by atoms with van der Waals surface area (Å²) in [7, 11) is 0. The van der Waals surface area contributed by atoms with Crippen LogP contribution in [0.15, 0.2) is 170 Å². The largest absolute Gasteiger partial charge is 0.134 e. The lowest BCUT2D eigenvalue weighted by Crippen LogP contribution is -2.15. The summed E-state index contributed by atoms with van der Waals surface area (Å²) in [6, 6.07) is 63.2. The number of fused-ring (bicyclic) bond motifs is 11. The van der Waals surface area contributed by atoms with Crippen molar-refractivity contribution in [3.63, 3.8) is 0 Å². The van der Waals surface area contributed by atoms with Gasteiger partial charge in [0, 0.05) is 25.6 Å². The van der Waals surface area contributed by atoms with E-state index in [1.807, 2.05) is 11.3 Å². The van der Waals surface area contributed by atoms with Crippen LogP contribution in [0.3, 0.4) is 0 Å². The number of benzene rings is 9. The van der Waals surface area contributed by atoms with E-state index < -0.39 is 0 Å². The Labute approximate surface area is 307 Å². The van der Waals surface area contributed by atoms with Crippen LogP contribution in [0, 0.1) is 0 Å². The number of thiophene rings is 1. The lowest BCUT2D eigenvalue weighted by Gasteiger charge is -2.23. The van der Waals surface area contributed by atoms with Crippen LogP contribution in [0.1, 0.15) is 25.0 Å². The predicted octanol–water partition coefficient (Wildman–Crippen LogP) is 14.8. The molecule has 0 spiro atoms. The molecule has 0 radical (unpaired) electrons. The van der Waals surface area contributed by atoms with Crippen molar-refractivity contribution in [2.45, 2.75) is 19.3 Å². The fourth-order valence-electron chi connectivity index (χ4n) is 9.23. The van der Waals surface area contributed by atoms with Crippen LogP contribution in [0.5, 0.6) is 0 Å². The smallest absolute Gasteiger partial charge is 0.0433 e. The molecule has 0 saturated carbocycles. The molecule has 9 aromatic carbocycles. The van der Waals surface area contributed by atoms with Crippen molar-refractivity contribution in [1.29, 1.82) is 0 Å². The molecule has 0 aliphatic heterocycles. The van der Waals surface area contributed by atoms with E-state index in [9.17, 15) is 0 Å². The van der Waals surface area contributed by atoms with E-state index in [1.165, 1.54) is 108 Å². The van der Waals surface area contributed by atoms with Gasteiger partial charge in [0.15, 0.2) is 0 Å². The van der Waals surface area contributed by atoms with Crippen LogP contribution in [0.4, 0.5) is 0 Å².